The number of nitro groups is 2. The lowest BCUT2D eigenvalue weighted by Crippen LogP contribution is -2.54. The molecule has 340 valence electrons. The molecule has 6 rings (SSSR count). The van der Waals surface area contributed by atoms with Crippen LogP contribution >= 0.6 is 11.8 Å². The lowest BCUT2D eigenvalue weighted by atomic mass is 9.89. The highest BCUT2D eigenvalue weighted by molar-refractivity contribution is 7.99. The van der Waals surface area contributed by atoms with Crippen LogP contribution in [0.25, 0.3) is 34.4 Å². The molecule has 2 atom stereocenters. The standard InChI is InChI=1S/C50H56N6O8S/c1-31(2)39-13-9-11-15-41(39)47-37(19-23-45(59)51-25-27-53(35(7)57)33(5)29-51)17-21-43(49(47)55(61)62)65-44-22-18-38(20-24-46(60)52-26-28-54(36(8)58)34(6)30-52)48(50(44)56(63)64)42-16-12-10-14-40(42)32(3)4/h9-24,31-34H,25-30H2,1-8H3. The van der Waals surface area contributed by atoms with Gasteiger partial charge in [0.1, 0.15) is 0 Å². The predicted octanol–water partition coefficient (Wildman–Crippen LogP) is 9.42. The maximum absolute atomic E-state index is 13.6. The molecule has 4 amide bonds. The fraction of sp³-hybridized carbons (Fsp3) is 0.360. The average molecular weight is 901 g/mol. The first-order valence-corrected chi connectivity index (χ1v) is 22.7. The zero-order valence-corrected chi connectivity index (χ0v) is 39.0. The third kappa shape index (κ3) is 10.5. The summed E-state index contributed by atoms with van der Waals surface area (Å²) >= 11 is 0.914. The summed E-state index contributed by atoms with van der Waals surface area (Å²) in [5.41, 5.74) is 3.70. The van der Waals surface area contributed by atoms with Crippen LogP contribution in [0.4, 0.5) is 11.4 Å². The van der Waals surface area contributed by atoms with Gasteiger partial charge in [0.15, 0.2) is 0 Å². The highest BCUT2D eigenvalue weighted by Crippen LogP contribution is 2.50. The van der Waals surface area contributed by atoms with Crippen molar-refractivity contribution in [1.29, 1.82) is 0 Å². The summed E-state index contributed by atoms with van der Waals surface area (Å²) in [6.45, 7) is 16.9. The molecule has 4 aromatic carbocycles. The van der Waals surface area contributed by atoms with Gasteiger partial charge in [-0.05, 0) is 83.3 Å². The Kier molecular flexibility index (Phi) is 15.1. The van der Waals surface area contributed by atoms with Crippen LogP contribution < -0.4 is 0 Å². The van der Waals surface area contributed by atoms with E-state index in [0.717, 1.165) is 22.9 Å². The van der Waals surface area contributed by atoms with E-state index in [1.807, 2.05) is 77.9 Å². The molecule has 0 radical (unpaired) electrons. The molecule has 65 heavy (non-hydrogen) atoms. The average Bonchev–Trinajstić information content (AvgIpc) is 3.26. The van der Waals surface area contributed by atoms with Crippen LogP contribution in [0.2, 0.25) is 0 Å². The van der Waals surface area contributed by atoms with Gasteiger partial charge in [-0.15, -0.1) is 0 Å². The second-order valence-electron chi connectivity index (χ2n) is 17.2. The topological polar surface area (TPSA) is 168 Å². The van der Waals surface area contributed by atoms with E-state index < -0.39 is 9.85 Å². The molecule has 15 heteroatoms. The molecule has 2 saturated heterocycles. The van der Waals surface area contributed by atoms with Crippen molar-refractivity contribution >= 4 is 58.9 Å². The SMILES string of the molecule is CC(=O)N1CCN(C(=O)C=Cc2ccc(Sc3ccc(C=CC(=O)N4CCN(C(C)=O)C(C)C4)c(-c4ccccc4C(C)C)c3[N+](=O)[O-])c([N+](=O)[O-])c2-c2ccccc2C(C)C)CC1C. The number of rotatable bonds is 12. The van der Waals surface area contributed by atoms with Gasteiger partial charge in [-0.3, -0.25) is 39.4 Å². The van der Waals surface area contributed by atoms with E-state index in [2.05, 4.69) is 0 Å². The molecule has 0 saturated carbocycles. The van der Waals surface area contributed by atoms with Gasteiger partial charge in [0.05, 0.1) is 30.8 Å². The summed E-state index contributed by atoms with van der Waals surface area (Å²) in [6, 6.07) is 20.9. The molecule has 0 N–H and O–H groups in total. The van der Waals surface area contributed by atoms with Gasteiger partial charge >= 0.3 is 0 Å². The third-order valence-corrected chi connectivity index (χ3v) is 13.2. The Morgan fingerprint density at radius 1 is 0.600 bits per heavy atom. The van der Waals surface area contributed by atoms with E-state index in [4.69, 9.17) is 0 Å². The minimum Gasteiger partial charge on any atom is -0.337 e. The first kappa shape index (κ1) is 47.9. The number of nitrogens with zero attached hydrogens (tertiary/aromatic N) is 6. The van der Waals surface area contributed by atoms with Crippen molar-refractivity contribution in [1.82, 2.24) is 19.6 Å². The normalized spacial score (nSPS) is 16.8. The van der Waals surface area contributed by atoms with Crippen molar-refractivity contribution in [2.45, 2.75) is 89.1 Å². The van der Waals surface area contributed by atoms with Crippen LogP contribution in [-0.4, -0.2) is 104 Å². The van der Waals surface area contributed by atoms with Gasteiger partial charge in [0, 0.05) is 77.4 Å². The van der Waals surface area contributed by atoms with Gasteiger partial charge in [-0.1, -0.05) is 100 Å². The maximum atomic E-state index is 13.6. The highest BCUT2D eigenvalue weighted by Gasteiger charge is 2.33. The zero-order chi connectivity index (χ0) is 47.3. The van der Waals surface area contributed by atoms with Gasteiger partial charge in [0.25, 0.3) is 11.4 Å². The minimum atomic E-state index is -0.475. The molecule has 2 aliphatic heterocycles. The molecule has 0 bridgehead atoms. The molecule has 0 spiro atoms. The number of piperazine rings is 2. The van der Waals surface area contributed by atoms with Gasteiger partial charge in [-0.2, -0.15) is 0 Å². The smallest absolute Gasteiger partial charge is 0.291 e. The molecular weight excluding hydrogens is 845 g/mol. The molecule has 2 heterocycles. The Morgan fingerprint density at radius 3 is 1.29 bits per heavy atom. The molecular formula is C50H56N6O8S. The van der Waals surface area contributed by atoms with Crippen molar-refractivity contribution in [2.24, 2.45) is 0 Å². The van der Waals surface area contributed by atoms with E-state index >= 15 is 0 Å². The number of amides is 4. The Balaban J connectivity index is 1.48. The second-order valence-corrected chi connectivity index (χ2v) is 18.3. The van der Waals surface area contributed by atoms with Crippen LogP contribution in [0.15, 0.2) is 94.7 Å². The van der Waals surface area contributed by atoms with Crippen LogP contribution in [0.5, 0.6) is 0 Å². The fourth-order valence-electron chi connectivity index (χ4n) is 8.91. The monoisotopic (exact) mass is 900 g/mol. The van der Waals surface area contributed by atoms with E-state index in [1.165, 1.54) is 26.0 Å². The number of hydrogen-bond acceptors (Lipinski definition) is 9. The summed E-state index contributed by atoms with van der Waals surface area (Å²) in [4.78, 5) is 84.4. The largest absolute Gasteiger partial charge is 0.337 e. The number of carbonyl (C=O) groups is 4. The Bertz CT molecular complexity index is 2410. The predicted molar refractivity (Wildman–Crippen MR) is 254 cm³/mol. The summed E-state index contributed by atoms with van der Waals surface area (Å²) in [5.74, 6) is -0.790. The van der Waals surface area contributed by atoms with Crippen LogP contribution in [0.1, 0.15) is 89.5 Å². The van der Waals surface area contributed by atoms with E-state index in [9.17, 15) is 39.4 Å². The molecule has 4 aromatic rings. The van der Waals surface area contributed by atoms with Crippen LogP contribution in [0, 0.1) is 20.2 Å². The molecule has 2 aliphatic rings. The van der Waals surface area contributed by atoms with Gasteiger partial charge in [-0.25, -0.2) is 0 Å². The minimum absolute atomic E-state index is 0.0367. The van der Waals surface area contributed by atoms with E-state index in [1.54, 1.807) is 68.1 Å². The van der Waals surface area contributed by atoms with E-state index in [-0.39, 0.29) is 79.8 Å². The van der Waals surface area contributed by atoms with Crippen LogP contribution in [0.3, 0.4) is 0 Å². The van der Waals surface area contributed by atoms with Crippen molar-refractivity contribution in [3.05, 3.63) is 127 Å². The Morgan fingerprint density at radius 2 is 0.969 bits per heavy atom. The number of benzene rings is 4. The highest BCUT2D eigenvalue weighted by atomic mass is 32.2. The number of hydrogen-bond donors (Lipinski definition) is 0. The summed E-state index contributed by atoms with van der Waals surface area (Å²) in [5, 5.41) is 26.9. The van der Waals surface area contributed by atoms with Gasteiger partial charge in [0.2, 0.25) is 23.6 Å². The van der Waals surface area contributed by atoms with Crippen LogP contribution in [-0.2, 0) is 19.2 Å². The van der Waals surface area contributed by atoms with Crippen molar-refractivity contribution < 1.29 is 29.0 Å². The molecule has 0 aromatic heterocycles. The van der Waals surface area contributed by atoms with Crippen molar-refractivity contribution in [3.63, 3.8) is 0 Å². The summed E-state index contributed by atoms with van der Waals surface area (Å²) in [7, 11) is 0. The third-order valence-electron chi connectivity index (χ3n) is 12.1. The molecule has 14 nitrogen and oxygen atoms in total. The molecule has 2 fully saturated rings. The quantitative estimate of drug-likeness (QED) is 0.0764. The maximum Gasteiger partial charge on any atom is 0.291 e. The summed E-state index contributed by atoms with van der Waals surface area (Å²) < 4.78 is 0. The summed E-state index contributed by atoms with van der Waals surface area (Å²) in [6.07, 6.45) is 5.95. The zero-order valence-electron chi connectivity index (χ0n) is 38.1. The second kappa shape index (κ2) is 20.5. The fourth-order valence-corrected chi connectivity index (χ4v) is 9.96. The first-order chi connectivity index (χ1) is 30.9. The first-order valence-electron chi connectivity index (χ1n) is 21.9. The Hall–Kier alpha value is -6.61. The number of nitro benzene ring substituents is 2. The lowest BCUT2D eigenvalue weighted by molar-refractivity contribution is -0.387. The van der Waals surface area contributed by atoms with Gasteiger partial charge < -0.3 is 19.6 Å². The van der Waals surface area contributed by atoms with Crippen molar-refractivity contribution in [2.75, 3.05) is 39.3 Å². The number of carbonyl (C=O) groups excluding carboxylic acids is 4. The molecule has 2 unspecified atom stereocenters. The van der Waals surface area contributed by atoms with E-state index in [0.29, 0.717) is 61.5 Å². The molecule has 0 aliphatic carbocycles. The van der Waals surface area contributed by atoms with Crippen molar-refractivity contribution in [3.8, 4) is 22.3 Å². The lowest BCUT2D eigenvalue weighted by Gasteiger charge is -2.39. The Labute approximate surface area is 384 Å².